The third kappa shape index (κ3) is 4.27. The molecule has 2 aliphatic rings. The van der Waals surface area contributed by atoms with Gasteiger partial charge in [0, 0.05) is 13.1 Å². The van der Waals surface area contributed by atoms with Gasteiger partial charge in [0.15, 0.2) is 0 Å². The second-order valence-corrected chi connectivity index (χ2v) is 8.68. The summed E-state index contributed by atoms with van der Waals surface area (Å²) in [6.45, 7) is 8.39. The van der Waals surface area contributed by atoms with Crippen LogP contribution in [0.2, 0.25) is 0 Å². The fourth-order valence-electron chi connectivity index (χ4n) is 4.38. The van der Waals surface area contributed by atoms with E-state index in [9.17, 15) is 22.8 Å². The van der Waals surface area contributed by atoms with Crippen LogP contribution in [0.3, 0.4) is 0 Å². The van der Waals surface area contributed by atoms with Crippen molar-refractivity contribution in [3.63, 3.8) is 0 Å². The van der Waals surface area contributed by atoms with Crippen molar-refractivity contribution in [1.82, 2.24) is 4.90 Å². The molecule has 0 bridgehead atoms. The lowest BCUT2D eigenvalue weighted by Gasteiger charge is -2.37. The number of benzene rings is 2. The number of hydrogen-bond donors (Lipinski definition) is 0. The number of amides is 2. The van der Waals surface area contributed by atoms with E-state index in [0.29, 0.717) is 18.7 Å². The molecule has 1 saturated heterocycles. The first-order valence-electron chi connectivity index (χ1n) is 10.8. The normalized spacial score (nSPS) is 21.9. The smallest absolute Gasteiger partial charge is 0.372 e. The standard InChI is InChI=1S/C25H25F3N2O3/c1-14-8-9-18(10-15(14)2)21-22(29-12-16(3)33-17(4)13-29)24(32)30(23(21)31)20-7-5-6-19(11-20)25(26,27)28/h5-11,16-17H,12-13H2,1-4H3. The van der Waals surface area contributed by atoms with Gasteiger partial charge in [-0.25, -0.2) is 4.90 Å². The number of hydrogen-bond acceptors (Lipinski definition) is 4. The maximum Gasteiger partial charge on any atom is 0.416 e. The van der Waals surface area contributed by atoms with E-state index in [2.05, 4.69) is 0 Å². The molecular formula is C25H25F3N2O3. The molecule has 0 radical (unpaired) electrons. The lowest BCUT2D eigenvalue weighted by Crippen LogP contribution is -2.47. The van der Waals surface area contributed by atoms with Gasteiger partial charge in [0.05, 0.1) is 29.0 Å². The first-order chi connectivity index (χ1) is 15.5. The van der Waals surface area contributed by atoms with Gasteiger partial charge in [0.1, 0.15) is 5.70 Å². The molecule has 8 heteroatoms. The number of carbonyl (C=O) groups excluding carboxylic acids is 2. The number of alkyl halides is 3. The molecule has 2 aromatic carbocycles. The highest BCUT2D eigenvalue weighted by Gasteiger charge is 2.44. The minimum absolute atomic E-state index is 0.106. The number of halogens is 3. The molecule has 4 rings (SSSR count). The number of nitrogens with zero attached hydrogens (tertiary/aromatic N) is 2. The monoisotopic (exact) mass is 458 g/mol. The van der Waals surface area contributed by atoms with Gasteiger partial charge in [-0.05, 0) is 62.6 Å². The van der Waals surface area contributed by atoms with Crippen LogP contribution in [0, 0.1) is 13.8 Å². The number of imide groups is 1. The molecule has 2 heterocycles. The highest BCUT2D eigenvalue weighted by atomic mass is 19.4. The molecule has 2 unspecified atom stereocenters. The maximum atomic E-state index is 13.6. The number of carbonyl (C=O) groups is 2. The molecule has 0 aliphatic carbocycles. The molecule has 0 saturated carbocycles. The summed E-state index contributed by atoms with van der Waals surface area (Å²) in [5, 5.41) is 0. The van der Waals surface area contributed by atoms with Crippen molar-refractivity contribution in [1.29, 1.82) is 0 Å². The van der Waals surface area contributed by atoms with E-state index in [0.717, 1.165) is 28.2 Å². The zero-order valence-electron chi connectivity index (χ0n) is 18.9. The Labute approximate surface area is 190 Å². The quantitative estimate of drug-likeness (QED) is 0.625. The third-order valence-electron chi connectivity index (χ3n) is 6.02. The first kappa shape index (κ1) is 23.0. The fourth-order valence-corrected chi connectivity index (χ4v) is 4.38. The molecule has 2 aromatic rings. The number of aryl methyl sites for hydroxylation is 2. The minimum Gasteiger partial charge on any atom is -0.372 e. The molecule has 2 amide bonds. The second kappa shape index (κ2) is 8.33. The van der Waals surface area contributed by atoms with E-state index in [-0.39, 0.29) is 29.2 Å². The number of rotatable bonds is 3. The Bertz CT molecular complexity index is 1150. The Balaban J connectivity index is 1.85. The van der Waals surface area contributed by atoms with E-state index in [1.54, 1.807) is 6.07 Å². The second-order valence-electron chi connectivity index (χ2n) is 8.68. The Kier molecular flexibility index (Phi) is 5.82. The third-order valence-corrected chi connectivity index (χ3v) is 6.02. The predicted octanol–water partition coefficient (Wildman–Crippen LogP) is 4.72. The Morgan fingerprint density at radius 2 is 1.58 bits per heavy atom. The molecular weight excluding hydrogens is 433 g/mol. The average molecular weight is 458 g/mol. The lowest BCUT2D eigenvalue weighted by molar-refractivity contribution is -0.137. The van der Waals surface area contributed by atoms with Gasteiger partial charge in [0.25, 0.3) is 11.8 Å². The zero-order chi connectivity index (χ0) is 24.1. The molecule has 1 fully saturated rings. The summed E-state index contributed by atoms with van der Waals surface area (Å²) in [7, 11) is 0. The Morgan fingerprint density at radius 1 is 0.909 bits per heavy atom. The van der Waals surface area contributed by atoms with Crippen LogP contribution in [0.25, 0.3) is 5.57 Å². The molecule has 0 N–H and O–H groups in total. The van der Waals surface area contributed by atoms with Crippen molar-refractivity contribution in [3.8, 4) is 0 Å². The molecule has 33 heavy (non-hydrogen) atoms. The molecule has 2 aliphatic heterocycles. The van der Waals surface area contributed by atoms with E-state index in [1.807, 2.05) is 44.7 Å². The van der Waals surface area contributed by atoms with Gasteiger partial charge in [-0.15, -0.1) is 0 Å². The van der Waals surface area contributed by atoms with Crippen molar-refractivity contribution < 1.29 is 27.5 Å². The Hall–Kier alpha value is -3.13. The van der Waals surface area contributed by atoms with Crippen LogP contribution in [0.1, 0.15) is 36.1 Å². The summed E-state index contributed by atoms with van der Waals surface area (Å²) in [5.41, 5.74) is 1.90. The molecule has 174 valence electrons. The topological polar surface area (TPSA) is 49.9 Å². The molecule has 2 atom stereocenters. The van der Waals surface area contributed by atoms with Crippen molar-refractivity contribution in [2.24, 2.45) is 0 Å². The highest BCUT2D eigenvalue weighted by molar-refractivity contribution is 6.45. The van der Waals surface area contributed by atoms with Crippen LogP contribution in [0.4, 0.5) is 18.9 Å². The van der Waals surface area contributed by atoms with E-state index in [4.69, 9.17) is 4.74 Å². The summed E-state index contributed by atoms with van der Waals surface area (Å²) < 4.78 is 45.7. The van der Waals surface area contributed by atoms with E-state index < -0.39 is 23.6 Å². The molecule has 0 aromatic heterocycles. The maximum absolute atomic E-state index is 13.6. The van der Waals surface area contributed by atoms with Gasteiger partial charge in [0.2, 0.25) is 0 Å². The fraction of sp³-hybridized carbons (Fsp3) is 0.360. The number of ether oxygens (including phenoxy) is 1. The zero-order valence-corrected chi connectivity index (χ0v) is 18.9. The van der Waals surface area contributed by atoms with E-state index >= 15 is 0 Å². The van der Waals surface area contributed by atoms with Crippen LogP contribution in [0.15, 0.2) is 48.2 Å². The van der Waals surface area contributed by atoms with Crippen molar-refractivity contribution in [3.05, 3.63) is 70.4 Å². The minimum atomic E-state index is -4.59. The summed E-state index contributed by atoms with van der Waals surface area (Å²) in [5.74, 6) is -1.27. The molecule has 0 spiro atoms. The Morgan fingerprint density at radius 3 is 2.18 bits per heavy atom. The SMILES string of the molecule is Cc1ccc(C2=C(N3CC(C)OC(C)C3)C(=O)N(c3cccc(C(F)(F)F)c3)C2=O)cc1C. The van der Waals surface area contributed by atoms with Crippen molar-refractivity contribution >= 4 is 23.1 Å². The summed E-state index contributed by atoms with van der Waals surface area (Å²) in [4.78, 5) is 29.9. The van der Waals surface area contributed by atoms with Crippen LogP contribution in [-0.2, 0) is 20.5 Å². The van der Waals surface area contributed by atoms with Gasteiger partial charge in [-0.2, -0.15) is 13.2 Å². The summed E-state index contributed by atoms with van der Waals surface area (Å²) >= 11 is 0. The van der Waals surface area contributed by atoms with Crippen LogP contribution in [-0.4, -0.2) is 42.0 Å². The summed E-state index contributed by atoms with van der Waals surface area (Å²) in [6, 6.07) is 9.76. The van der Waals surface area contributed by atoms with Gasteiger partial charge >= 0.3 is 6.18 Å². The average Bonchev–Trinajstić information content (AvgIpc) is 2.99. The van der Waals surface area contributed by atoms with Crippen LogP contribution < -0.4 is 4.90 Å². The van der Waals surface area contributed by atoms with Crippen molar-refractivity contribution in [2.75, 3.05) is 18.0 Å². The van der Waals surface area contributed by atoms with Gasteiger partial charge in [-0.1, -0.05) is 24.3 Å². The van der Waals surface area contributed by atoms with Gasteiger partial charge in [-0.3, -0.25) is 9.59 Å². The summed E-state index contributed by atoms with van der Waals surface area (Å²) in [6.07, 6.45) is -4.94. The van der Waals surface area contributed by atoms with Crippen LogP contribution >= 0.6 is 0 Å². The lowest BCUT2D eigenvalue weighted by atomic mass is 9.99. The highest BCUT2D eigenvalue weighted by Crippen LogP contribution is 2.38. The number of morpholine rings is 1. The van der Waals surface area contributed by atoms with Gasteiger partial charge < -0.3 is 9.64 Å². The van der Waals surface area contributed by atoms with Crippen LogP contribution in [0.5, 0.6) is 0 Å². The largest absolute Gasteiger partial charge is 0.416 e. The van der Waals surface area contributed by atoms with E-state index in [1.165, 1.54) is 12.1 Å². The number of anilines is 1. The van der Waals surface area contributed by atoms with Crippen molar-refractivity contribution in [2.45, 2.75) is 46.1 Å². The predicted molar refractivity (Wildman–Crippen MR) is 118 cm³/mol. The first-order valence-corrected chi connectivity index (χ1v) is 10.8. The molecule has 5 nitrogen and oxygen atoms in total.